The second-order valence-corrected chi connectivity index (χ2v) is 8.82. The van der Waals surface area contributed by atoms with Gasteiger partial charge in [0.05, 0.1) is 5.75 Å². The number of ether oxygens (including phenoxy) is 1. The molecule has 3 N–H and O–H groups in total. The topological polar surface area (TPSA) is 95.1 Å². The first-order valence-electron chi connectivity index (χ1n) is 10.3. The molecule has 8 heteroatoms. The van der Waals surface area contributed by atoms with Crippen molar-refractivity contribution in [2.24, 2.45) is 5.92 Å². The summed E-state index contributed by atoms with van der Waals surface area (Å²) in [5, 5.41) is 11.7. The Morgan fingerprint density at radius 3 is 2.66 bits per heavy atom. The maximum absolute atomic E-state index is 12.1. The van der Waals surface area contributed by atoms with E-state index in [4.69, 9.17) is 10.6 Å². The molecule has 2 aromatic rings. The van der Waals surface area contributed by atoms with Crippen LogP contribution in [-0.2, 0) is 11.4 Å². The van der Waals surface area contributed by atoms with Gasteiger partial charge < -0.3 is 15.9 Å². The van der Waals surface area contributed by atoms with Crippen molar-refractivity contribution in [2.45, 2.75) is 63.6 Å². The Balaban J connectivity index is 1.43. The lowest BCUT2D eigenvalue weighted by Crippen LogP contribution is -2.31. The second kappa shape index (κ2) is 10.5. The van der Waals surface area contributed by atoms with Crippen molar-refractivity contribution < 1.29 is 9.53 Å². The fourth-order valence-corrected chi connectivity index (χ4v) is 4.14. The average Bonchev–Trinajstić information content (AvgIpc) is 3.09. The molecule has 1 aliphatic rings. The first-order chi connectivity index (χ1) is 14.0. The molecule has 1 fully saturated rings. The van der Waals surface area contributed by atoms with Crippen LogP contribution in [0.2, 0.25) is 0 Å². The predicted octanol–water partition coefficient (Wildman–Crippen LogP) is 3.48. The molecule has 1 aromatic carbocycles. The third-order valence-corrected chi connectivity index (χ3v) is 6.24. The van der Waals surface area contributed by atoms with E-state index in [9.17, 15) is 4.79 Å². The van der Waals surface area contributed by atoms with Crippen molar-refractivity contribution >= 4 is 17.7 Å². The molecule has 0 aliphatic heterocycles. The highest BCUT2D eigenvalue weighted by atomic mass is 32.2. The largest absolute Gasteiger partial charge is 0.486 e. The quantitative estimate of drug-likeness (QED) is 0.479. The van der Waals surface area contributed by atoms with E-state index in [-0.39, 0.29) is 18.3 Å². The second-order valence-electron chi connectivity index (χ2n) is 7.88. The van der Waals surface area contributed by atoms with Crippen LogP contribution < -0.4 is 15.9 Å². The van der Waals surface area contributed by atoms with E-state index < -0.39 is 0 Å². The van der Waals surface area contributed by atoms with Crippen LogP contribution in [0, 0.1) is 5.92 Å². The maximum atomic E-state index is 12.1. The number of nitrogens with two attached hydrogens (primary N) is 1. The van der Waals surface area contributed by atoms with E-state index in [1.54, 1.807) is 0 Å². The van der Waals surface area contributed by atoms with Crippen LogP contribution >= 0.6 is 11.8 Å². The summed E-state index contributed by atoms with van der Waals surface area (Å²) >= 11 is 1.29. The average molecular weight is 418 g/mol. The summed E-state index contributed by atoms with van der Waals surface area (Å²) in [6, 6.07) is 8.00. The van der Waals surface area contributed by atoms with Crippen LogP contribution in [0.5, 0.6) is 5.75 Å². The van der Waals surface area contributed by atoms with Crippen LogP contribution in [0.15, 0.2) is 29.4 Å². The summed E-state index contributed by atoms with van der Waals surface area (Å²) in [6.45, 7) is 5.30. The number of benzene rings is 1. The molecule has 29 heavy (non-hydrogen) atoms. The maximum Gasteiger partial charge on any atom is 0.230 e. The molecule has 0 radical (unpaired) electrons. The Labute approximate surface area is 176 Å². The van der Waals surface area contributed by atoms with Gasteiger partial charge in [-0.2, -0.15) is 0 Å². The van der Waals surface area contributed by atoms with Gasteiger partial charge in [-0.05, 0) is 42.4 Å². The molecule has 1 saturated carbocycles. The highest BCUT2D eigenvalue weighted by Crippen LogP contribution is 2.23. The van der Waals surface area contributed by atoms with Gasteiger partial charge >= 0.3 is 0 Å². The van der Waals surface area contributed by atoms with Gasteiger partial charge in [-0.1, -0.05) is 57.0 Å². The molecule has 0 saturated heterocycles. The molecule has 158 valence electrons. The lowest BCUT2D eigenvalue weighted by Gasteiger charge is -2.21. The normalized spacial score (nSPS) is 14.9. The van der Waals surface area contributed by atoms with Gasteiger partial charge in [-0.25, -0.2) is 4.68 Å². The Kier molecular flexibility index (Phi) is 7.80. The highest BCUT2D eigenvalue weighted by molar-refractivity contribution is 7.99. The molecule has 1 aliphatic carbocycles. The molecule has 0 unspecified atom stereocenters. The molecule has 1 heterocycles. The number of nitrogens with one attached hydrogen (secondary N) is 1. The van der Waals surface area contributed by atoms with Crippen molar-refractivity contribution in [3.8, 4) is 5.75 Å². The van der Waals surface area contributed by atoms with Gasteiger partial charge in [0.1, 0.15) is 12.4 Å². The first-order valence-corrected chi connectivity index (χ1v) is 11.3. The fourth-order valence-electron chi connectivity index (χ4n) is 3.43. The fraction of sp³-hybridized carbons (Fsp3) is 0.571. The minimum Gasteiger partial charge on any atom is -0.486 e. The summed E-state index contributed by atoms with van der Waals surface area (Å²) in [4.78, 5) is 12.1. The molecular weight excluding hydrogens is 386 g/mol. The van der Waals surface area contributed by atoms with Gasteiger partial charge in [-0.15, -0.1) is 10.2 Å². The lowest BCUT2D eigenvalue weighted by molar-refractivity contribution is -0.118. The SMILES string of the molecule is CC(C)c1ccc(OCc2nnc(SCC(=O)NCC3CCCCC3)n2N)cc1. The summed E-state index contributed by atoms with van der Waals surface area (Å²) < 4.78 is 7.15. The van der Waals surface area contributed by atoms with Gasteiger partial charge in [-0.3, -0.25) is 4.79 Å². The number of aromatic nitrogens is 3. The van der Waals surface area contributed by atoms with E-state index in [0.29, 0.717) is 22.8 Å². The minimum absolute atomic E-state index is 0.00613. The Bertz CT molecular complexity index is 785. The number of amides is 1. The van der Waals surface area contributed by atoms with E-state index in [1.165, 1.54) is 54.1 Å². The van der Waals surface area contributed by atoms with Crippen molar-refractivity contribution in [1.82, 2.24) is 20.2 Å². The number of carbonyl (C=O) groups is 1. The lowest BCUT2D eigenvalue weighted by atomic mass is 9.89. The Morgan fingerprint density at radius 1 is 1.24 bits per heavy atom. The molecule has 0 spiro atoms. The monoisotopic (exact) mass is 417 g/mol. The number of hydrogen-bond acceptors (Lipinski definition) is 6. The summed E-state index contributed by atoms with van der Waals surface area (Å²) in [5.74, 6) is 8.73. The van der Waals surface area contributed by atoms with Crippen LogP contribution in [-0.4, -0.2) is 33.1 Å². The number of nitrogen functional groups attached to an aromatic ring is 1. The van der Waals surface area contributed by atoms with Gasteiger partial charge in [0, 0.05) is 6.54 Å². The minimum atomic E-state index is 0.00613. The molecule has 0 atom stereocenters. The standard InChI is InChI=1S/C21H31N5O2S/c1-15(2)17-8-10-18(11-9-17)28-13-19-24-25-21(26(19)22)29-14-20(27)23-12-16-6-4-3-5-7-16/h8-11,15-16H,3-7,12-14,22H2,1-2H3,(H,23,27). The van der Waals surface area contributed by atoms with E-state index in [0.717, 1.165) is 12.3 Å². The molecular formula is C21H31N5O2S. The van der Waals surface area contributed by atoms with Crippen molar-refractivity contribution in [1.29, 1.82) is 0 Å². The zero-order valence-electron chi connectivity index (χ0n) is 17.3. The van der Waals surface area contributed by atoms with Gasteiger partial charge in [0.15, 0.2) is 5.82 Å². The van der Waals surface area contributed by atoms with Crippen molar-refractivity contribution in [3.63, 3.8) is 0 Å². The molecule has 0 bridgehead atoms. The van der Waals surface area contributed by atoms with Gasteiger partial charge in [0.2, 0.25) is 11.1 Å². The summed E-state index contributed by atoms with van der Waals surface area (Å²) in [7, 11) is 0. The smallest absolute Gasteiger partial charge is 0.230 e. The first kappa shape index (κ1) is 21.5. The summed E-state index contributed by atoms with van der Waals surface area (Å²) in [5.41, 5.74) is 1.26. The number of rotatable bonds is 9. The van der Waals surface area contributed by atoms with Crippen LogP contribution in [0.1, 0.15) is 63.3 Å². The van der Waals surface area contributed by atoms with Crippen molar-refractivity contribution in [2.75, 3.05) is 18.1 Å². The number of carbonyl (C=O) groups excluding carboxylic acids is 1. The van der Waals surface area contributed by atoms with Crippen LogP contribution in [0.3, 0.4) is 0 Å². The van der Waals surface area contributed by atoms with Crippen molar-refractivity contribution in [3.05, 3.63) is 35.7 Å². The third-order valence-electron chi connectivity index (χ3n) is 5.29. The Hall–Kier alpha value is -2.22. The molecule has 7 nitrogen and oxygen atoms in total. The summed E-state index contributed by atoms with van der Waals surface area (Å²) in [6.07, 6.45) is 6.31. The molecule has 1 amide bonds. The zero-order valence-corrected chi connectivity index (χ0v) is 18.1. The zero-order chi connectivity index (χ0) is 20.6. The highest BCUT2D eigenvalue weighted by Gasteiger charge is 2.16. The molecule has 3 rings (SSSR count). The van der Waals surface area contributed by atoms with E-state index in [1.807, 2.05) is 12.1 Å². The van der Waals surface area contributed by atoms with Crippen LogP contribution in [0.4, 0.5) is 0 Å². The third kappa shape index (κ3) is 6.39. The van der Waals surface area contributed by atoms with E-state index >= 15 is 0 Å². The van der Waals surface area contributed by atoms with Crippen LogP contribution in [0.25, 0.3) is 0 Å². The number of thioether (sulfide) groups is 1. The predicted molar refractivity (Wildman–Crippen MR) is 115 cm³/mol. The van der Waals surface area contributed by atoms with Gasteiger partial charge in [0.25, 0.3) is 0 Å². The molecule has 1 aromatic heterocycles. The number of nitrogens with zero attached hydrogens (tertiary/aromatic N) is 3. The van der Waals surface area contributed by atoms with E-state index in [2.05, 4.69) is 41.5 Å². The Morgan fingerprint density at radius 2 is 1.97 bits per heavy atom. The number of hydrogen-bond donors (Lipinski definition) is 2.